The summed E-state index contributed by atoms with van der Waals surface area (Å²) in [5.41, 5.74) is -0.780. The number of azo groups is 1. The van der Waals surface area contributed by atoms with Crippen molar-refractivity contribution in [2.45, 2.75) is 25.7 Å². The van der Waals surface area contributed by atoms with Crippen molar-refractivity contribution >= 4 is 0 Å². The van der Waals surface area contributed by atoms with Gasteiger partial charge in [-0.05, 0) is 26.0 Å². The lowest BCUT2D eigenvalue weighted by Gasteiger charge is -2.26. The Kier molecular flexibility index (Phi) is 3.23. The first-order chi connectivity index (χ1) is 8.50. The molecule has 1 aliphatic heterocycles. The van der Waals surface area contributed by atoms with E-state index in [0.717, 1.165) is 0 Å². The first-order valence-corrected chi connectivity index (χ1v) is 5.52. The van der Waals surface area contributed by atoms with Gasteiger partial charge < -0.3 is 9.47 Å². The van der Waals surface area contributed by atoms with Crippen LogP contribution in [-0.2, 0) is 9.47 Å². The molecule has 0 fully saturated rings. The largest absolute Gasteiger partial charge is 0.493 e. The third kappa shape index (κ3) is 2.44. The summed E-state index contributed by atoms with van der Waals surface area (Å²) in [6.45, 7) is 3.53. The molecule has 18 heavy (non-hydrogen) atoms. The second-order valence-electron chi connectivity index (χ2n) is 4.23. The molecule has 98 valence electrons. The predicted molar refractivity (Wildman–Crippen MR) is 63.4 cm³/mol. The average Bonchev–Trinajstić information content (AvgIpc) is 2.66. The molecule has 0 saturated carbocycles. The predicted octanol–water partition coefficient (Wildman–Crippen LogP) is 2.55. The van der Waals surface area contributed by atoms with E-state index in [2.05, 4.69) is 10.2 Å². The minimum atomic E-state index is -1.56. The van der Waals surface area contributed by atoms with Crippen molar-refractivity contribution in [1.82, 2.24) is 0 Å². The van der Waals surface area contributed by atoms with Gasteiger partial charge in [0.05, 0.1) is 7.11 Å². The number of benzene rings is 1. The second kappa shape index (κ2) is 4.55. The fourth-order valence-corrected chi connectivity index (χ4v) is 1.55. The Balaban J connectivity index is 2.24. The first kappa shape index (κ1) is 12.8. The van der Waals surface area contributed by atoms with Crippen LogP contribution in [0.3, 0.4) is 0 Å². The normalized spacial score (nSPS) is 25.1. The zero-order valence-corrected chi connectivity index (χ0v) is 10.8. The Bertz CT molecular complexity index is 461. The molecule has 1 aliphatic rings. The van der Waals surface area contributed by atoms with E-state index in [4.69, 9.17) is 18.9 Å². The maximum Gasteiger partial charge on any atom is 0.462 e. The van der Waals surface area contributed by atoms with Crippen LogP contribution in [0.1, 0.15) is 13.8 Å². The molecule has 0 aliphatic carbocycles. The van der Waals surface area contributed by atoms with Crippen LogP contribution in [0.4, 0.5) is 0 Å². The molecule has 0 N–H and O–H groups in total. The fraction of sp³-hybridized carbons (Fsp3) is 0.500. The minimum Gasteiger partial charge on any atom is -0.493 e. The van der Waals surface area contributed by atoms with Crippen molar-refractivity contribution in [3.63, 3.8) is 0 Å². The van der Waals surface area contributed by atoms with E-state index in [1.54, 1.807) is 33.1 Å². The van der Waals surface area contributed by atoms with Crippen LogP contribution in [-0.4, -0.2) is 26.0 Å². The Morgan fingerprint density at radius 1 is 1.06 bits per heavy atom. The van der Waals surface area contributed by atoms with Gasteiger partial charge in [0.2, 0.25) is 0 Å². The molecular formula is C12H16N2O4. The Hall–Kier alpha value is -1.66. The van der Waals surface area contributed by atoms with Crippen LogP contribution in [0.15, 0.2) is 34.5 Å². The molecule has 0 bridgehead atoms. The molecule has 0 saturated heterocycles. The van der Waals surface area contributed by atoms with E-state index in [1.807, 2.05) is 12.1 Å². The summed E-state index contributed by atoms with van der Waals surface area (Å²) in [4.78, 5) is 0. The summed E-state index contributed by atoms with van der Waals surface area (Å²) < 4.78 is 21.6. The molecule has 0 spiro atoms. The van der Waals surface area contributed by atoms with Crippen LogP contribution < -0.4 is 9.47 Å². The highest BCUT2D eigenvalue weighted by Crippen LogP contribution is 2.37. The summed E-state index contributed by atoms with van der Waals surface area (Å²) in [6, 6.07) is 7.17. The standard InChI is InChI=1S/C12H16N2O4/c1-11(2)13-14-12(16-4,18-11)17-10-8-6-5-7-9(10)15-3/h5-8H,1-4H3. The van der Waals surface area contributed by atoms with Crippen molar-refractivity contribution in [2.75, 3.05) is 14.2 Å². The molecule has 0 amide bonds. The molecule has 2 rings (SSSR count). The van der Waals surface area contributed by atoms with Crippen LogP contribution in [0.25, 0.3) is 0 Å². The minimum absolute atomic E-state index is 0.471. The SMILES string of the molecule is COc1ccccc1OC1(OC)N=NC(C)(C)O1. The summed E-state index contributed by atoms with van der Waals surface area (Å²) in [6.07, 6.45) is -1.56. The molecule has 0 aromatic heterocycles. The smallest absolute Gasteiger partial charge is 0.462 e. The van der Waals surface area contributed by atoms with E-state index >= 15 is 0 Å². The van der Waals surface area contributed by atoms with Gasteiger partial charge in [0.25, 0.3) is 0 Å². The van der Waals surface area contributed by atoms with Crippen molar-refractivity contribution in [2.24, 2.45) is 10.2 Å². The van der Waals surface area contributed by atoms with Gasteiger partial charge in [-0.3, -0.25) is 9.47 Å². The maximum atomic E-state index is 5.64. The van der Waals surface area contributed by atoms with E-state index < -0.39 is 11.8 Å². The van der Waals surface area contributed by atoms with Gasteiger partial charge in [-0.1, -0.05) is 17.2 Å². The van der Waals surface area contributed by atoms with Gasteiger partial charge >= 0.3 is 6.10 Å². The van der Waals surface area contributed by atoms with Gasteiger partial charge in [0.1, 0.15) is 0 Å². The van der Waals surface area contributed by atoms with Crippen LogP contribution >= 0.6 is 0 Å². The third-order valence-corrected chi connectivity index (χ3v) is 2.36. The molecule has 1 aromatic carbocycles. The van der Waals surface area contributed by atoms with E-state index in [0.29, 0.717) is 11.5 Å². The van der Waals surface area contributed by atoms with Gasteiger partial charge in [-0.25, -0.2) is 0 Å². The van der Waals surface area contributed by atoms with Gasteiger partial charge in [0.15, 0.2) is 17.2 Å². The first-order valence-electron chi connectivity index (χ1n) is 5.52. The van der Waals surface area contributed by atoms with E-state index in [1.165, 1.54) is 7.11 Å². The number of ether oxygens (including phenoxy) is 4. The monoisotopic (exact) mass is 252 g/mol. The van der Waals surface area contributed by atoms with E-state index in [9.17, 15) is 0 Å². The van der Waals surface area contributed by atoms with E-state index in [-0.39, 0.29) is 0 Å². The van der Waals surface area contributed by atoms with Crippen LogP contribution in [0.2, 0.25) is 0 Å². The summed E-state index contributed by atoms with van der Waals surface area (Å²) >= 11 is 0. The molecular weight excluding hydrogens is 236 g/mol. The van der Waals surface area contributed by atoms with Gasteiger partial charge in [-0.2, -0.15) is 5.11 Å². The lowest BCUT2D eigenvalue weighted by atomic mass is 10.3. The van der Waals surface area contributed by atoms with Crippen molar-refractivity contribution < 1.29 is 18.9 Å². The van der Waals surface area contributed by atoms with Gasteiger partial charge in [0, 0.05) is 7.11 Å². The molecule has 0 radical (unpaired) electrons. The molecule has 1 unspecified atom stereocenters. The van der Waals surface area contributed by atoms with Crippen LogP contribution in [0.5, 0.6) is 11.5 Å². The third-order valence-electron chi connectivity index (χ3n) is 2.36. The lowest BCUT2D eigenvalue weighted by molar-refractivity contribution is -0.339. The number of hydrogen-bond donors (Lipinski definition) is 0. The second-order valence-corrected chi connectivity index (χ2v) is 4.23. The number of hydrogen-bond acceptors (Lipinski definition) is 6. The quantitative estimate of drug-likeness (QED) is 0.772. The number of rotatable bonds is 4. The van der Waals surface area contributed by atoms with Crippen molar-refractivity contribution in [3.05, 3.63) is 24.3 Å². The number of methoxy groups -OCH3 is 2. The molecule has 1 aromatic rings. The van der Waals surface area contributed by atoms with Crippen molar-refractivity contribution in [1.29, 1.82) is 0 Å². The lowest BCUT2D eigenvalue weighted by Crippen LogP contribution is -2.40. The molecule has 6 heteroatoms. The van der Waals surface area contributed by atoms with Crippen LogP contribution in [0, 0.1) is 0 Å². The average molecular weight is 252 g/mol. The van der Waals surface area contributed by atoms with Gasteiger partial charge in [-0.15, -0.1) is 0 Å². The topological polar surface area (TPSA) is 61.6 Å². The highest BCUT2D eigenvalue weighted by Gasteiger charge is 2.47. The summed E-state index contributed by atoms with van der Waals surface area (Å²) in [7, 11) is 3.00. The number of para-hydroxylation sites is 2. The molecule has 6 nitrogen and oxygen atoms in total. The molecule has 1 atom stereocenters. The maximum absolute atomic E-state index is 5.64. The zero-order valence-electron chi connectivity index (χ0n) is 10.8. The fourth-order valence-electron chi connectivity index (χ4n) is 1.55. The highest BCUT2D eigenvalue weighted by molar-refractivity contribution is 5.39. The summed E-state index contributed by atoms with van der Waals surface area (Å²) in [5, 5.41) is 7.87. The number of nitrogens with zero attached hydrogens (tertiary/aromatic N) is 2. The Morgan fingerprint density at radius 2 is 1.72 bits per heavy atom. The zero-order chi connectivity index (χ0) is 13.2. The molecule has 1 heterocycles. The summed E-state index contributed by atoms with van der Waals surface area (Å²) in [5.74, 6) is 1.04. The van der Waals surface area contributed by atoms with Crippen molar-refractivity contribution in [3.8, 4) is 11.5 Å². The highest BCUT2D eigenvalue weighted by atomic mass is 16.9. The Morgan fingerprint density at radius 3 is 2.22 bits per heavy atom. The Labute approximate surface area is 106 Å².